The number of esters is 1. The monoisotopic (exact) mass is 296 g/mol. The number of halogens is 1. The number of nitro groups is 1. The van der Waals surface area contributed by atoms with Crippen LogP contribution in [0.5, 0.6) is 0 Å². The van der Waals surface area contributed by atoms with Crippen molar-refractivity contribution in [3.05, 3.63) is 39.7 Å². The Bertz CT molecular complexity index is 546. The molecule has 21 heavy (non-hydrogen) atoms. The van der Waals surface area contributed by atoms with Gasteiger partial charge in [-0.05, 0) is 31.9 Å². The first-order valence-electron chi connectivity index (χ1n) is 6.83. The van der Waals surface area contributed by atoms with E-state index < -0.39 is 10.7 Å². The Labute approximate surface area is 121 Å². The molecule has 0 unspecified atom stereocenters. The van der Waals surface area contributed by atoms with Gasteiger partial charge in [-0.3, -0.25) is 19.8 Å². The predicted molar refractivity (Wildman–Crippen MR) is 73.1 cm³/mol. The van der Waals surface area contributed by atoms with Gasteiger partial charge in [-0.25, -0.2) is 4.39 Å². The maximum atomic E-state index is 13.3. The van der Waals surface area contributed by atoms with Crippen molar-refractivity contribution in [2.45, 2.75) is 32.4 Å². The van der Waals surface area contributed by atoms with E-state index in [1.807, 2.05) is 0 Å². The summed E-state index contributed by atoms with van der Waals surface area (Å²) in [7, 11) is 0. The fourth-order valence-corrected chi connectivity index (χ4v) is 2.20. The second-order valence-electron chi connectivity index (χ2n) is 4.97. The number of carbonyl (C=O) groups is 1. The molecule has 0 N–H and O–H groups in total. The minimum Gasteiger partial charge on any atom is -0.465 e. The fourth-order valence-electron chi connectivity index (χ4n) is 2.20. The molecule has 114 valence electrons. The van der Waals surface area contributed by atoms with Crippen LogP contribution in [0, 0.1) is 15.9 Å². The number of nitrogens with zero attached hydrogens (tertiary/aromatic N) is 2. The number of rotatable bonds is 7. The Kier molecular flexibility index (Phi) is 4.85. The number of nitro benzene ring substituents is 1. The highest BCUT2D eigenvalue weighted by molar-refractivity contribution is 5.71. The molecule has 0 aliphatic heterocycles. The summed E-state index contributed by atoms with van der Waals surface area (Å²) in [6.07, 6.45) is 1.87. The molecule has 0 heterocycles. The highest BCUT2D eigenvalue weighted by Crippen LogP contribution is 2.30. The fraction of sp³-hybridized carbons (Fsp3) is 0.500. The molecular weight excluding hydrogens is 279 g/mol. The largest absolute Gasteiger partial charge is 0.465 e. The van der Waals surface area contributed by atoms with Crippen LogP contribution < -0.4 is 0 Å². The van der Waals surface area contributed by atoms with E-state index in [4.69, 9.17) is 4.74 Å². The van der Waals surface area contributed by atoms with Crippen LogP contribution in [-0.2, 0) is 16.1 Å². The van der Waals surface area contributed by atoms with Gasteiger partial charge in [0.2, 0.25) is 0 Å². The Morgan fingerprint density at radius 2 is 2.24 bits per heavy atom. The van der Waals surface area contributed by atoms with Crippen molar-refractivity contribution in [3.8, 4) is 0 Å². The van der Waals surface area contributed by atoms with Crippen LogP contribution in [0.3, 0.4) is 0 Å². The zero-order chi connectivity index (χ0) is 15.4. The van der Waals surface area contributed by atoms with Crippen LogP contribution in [0.1, 0.15) is 25.3 Å². The van der Waals surface area contributed by atoms with E-state index in [0.29, 0.717) is 0 Å². The predicted octanol–water partition coefficient (Wildman–Crippen LogP) is 2.26. The number of benzene rings is 1. The Balaban J connectivity index is 2.15. The van der Waals surface area contributed by atoms with E-state index in [0.717, 1.165) is 31.0 Å². The van der Waals surface area contributed by atoms with Crippen LogP contribution in [0.15, 0.2) is 18.2 Å². The summed E-state index contributed by atoms with van der Waals surface area (Å²) in [6.45, 7) is 2.23. The average molecular weight is 296 g/mol. The van der Waals surface area contributed by atoms with Gasteiger partial charge in [0.15, 0.2) is 0 Å². The summed E-state index contributed by atoms with van der Waals surface area (Å²) in [5, 5.41) is 11.0. The van der Waals surface area contributed by atoms with Gasteiger partial charge in [-0.15, -0.1) is 0 Å². The van der Waals surface area contributed by atoms with Crippen LogP contribution in [0.4, 0.5) is 10.1 Å². The molecule has 7 heteroatoms. The molecule has 1 saturated carbocycles. The summed E-state index contributed by atoms with van der Waals surface area (Å²) < 4.78 is 18.2. The van der Waals surface area contributed by atoms with Gasteiger partial charge in [0.05, 0.1) is 18.1 Å². The number of hydrogen-bond donors (Lipinski definition) is 0. The smallest absolute Gasteiger partial charge is 0.320 e. The standard InChI is InChI=1S/C14H17FN2O4/c1-2-21-14(18)9-16(12-4-5-12)8-10-7-11(15)3-6-13(10)17(19)20/h3,6-7,12H,2,4-5,8-9H2,1H3. The maximum absolute atomic E-state index is 13.3. The summed E-state index contributed by atoms with van der Waals surface area (Å²) >= 11 is 0. The normalized spacial score (nSPS) is 14.2. The lowest BCUT2D eigenvalue weighted by Crippen LogP contribution is -2.32. The van der Waals surface area contributed by atoms with Gasteiger partial charge in [-0.2, -0.15) is 0 Å². The average Bonchev–Trinajstić information content (AvgIpc) is 3.22. The topological polar surface area (TPSA) is 72.7 Å². The third-order valence-electron chi connectivity index (χ3n) is 3.31. The van der Waals surface area contributed by atoms with Crippen LogP contribution in [0.25, 0.3) is 0 Å². The van der Waals surface area contributed by atoms with Gasteiger partial charge >= 0.3 is 5.97 Å². The molecule has 0 saturated heterocycles. The van der Waals surface area contributed by atoms with Gasteiger partial charge in [0.25, 0.3) is 5.69 Å². The van der Waals surface area contributed by atoms with Crippen molar-refractivity contribution in [1.82, 2.24) is 4.90 Å². The van der Waals surface area contributed by atoms with Crippen LogP contribution >= 0.6 is 0 Å². The molecule has 0 atom stereocenters. The second-order valence-corrected chi connectivity index (χ2v) is 4.97. The first-order chi connectivity index (χ1) is 10.0. The highest BCUT2D eigenvalue weighted by atomic mass is 19.1. The van der Waals surface area contributed by atoms with Gasteiger partial charge in [0.1, 0.15) is 5.82 Å². The first kappa shape index (κ1) is 15.4. The minimum atomic E-state index is -0.537. The molecule has 0 aromatic heterocycles. The van der Waals surface area contributed by atoms with Crippen LogP contribution in [0.2, 0.25) is 0 Å². The maximum Gasteiger partial charge on any atom is 0.320 e. The summed E-state index contributed by atoms with van der Waals surface area (Å²) in [5.41, 5.74) is 0.141. The van der Waals surface area contributed by atoms with Gasteiger partial charge in [0, 0.05) is 24.2 Å². The Hall–Kier alpha value is -2.02. The zero-order valence-corrected chi connectivity index (χ0v) is 11.8. The molecule has 1 aliphatic carbocycles. The van der Waals surface area contributed by atoms with Crippen molar-refractivity contribution < 1.29 is 18.8 Å². The molecule has 1 fully saturated rings. The zero-order valence-electron chi connectivity index (χ0n) is 11.8. The van der Waals surface area contributed by atoms with Crippen LogP contribution in [-0.4, -0.2) is 35.0 Å². The quantitative estimate of drug-likeness (QED) is 0.438. The number of carbonyl (C=O) groups excluding carboxylic acids is 1. The van der Waals surface area contributed by atoms with Crippen molar-refractivity contribution >= 4 is 11.7 Å². The van der Waals surface area contributed by atoms with Gasteiger partial charge < -0.3 is 4.74 Å². The number of ether oxygens (including phenoxy) is 1. The number of hydrogen-bond acceptors (Lipinski definition) is 5. The van der Waals surface area contributed by atoms with E-state index in [2.05, 4.69) is 0 Å². The lowest BCUT2D eigenvalue weighted by molar-refractivity contribution is -0.385. The van der Waals surface area contributed by atoms with Crippen molar-refractivity contribution in [2.75, 3.05) is 13.2 Å². The lowest BCUT2D eigenvalue weighted by atomic mass is 10.1. The second kappa shape index (κ2) is 6.62. The molecule has 1 aromatic rings. The summed E-state index contributed by atoms with van der Waals surface area (Å²) in [5.74, 6) is -0.897. The Morgan fingerprint density at radius 1 is 1.52 bits per heavy atom. The van der Waals surface area contributed by atoms with Crippen molar-refractivity contribution in [1.29, 1.82) is 0 Å². The summed E-state index contributed by atoms with van der Waals surface area (Å²) in [6, 6.07) is 3.57. The third-order valence-corrected chi connectivity index (χ3v) is 3.31. The Morgan fingerprint density at radius 3 is 2.81 bits per heavy atom. The van der Waals surface area contributed by atoms with E-state index in [9.17, 15) is 19.3 Å². The molecule has 0 amide bonds. The lowest BCUT2D eigenvalue weighted by Gasteiger charge is -2.20. The molecule has 1 aliphatic rings. The van der Waals surface area contributed by atoms with Gasteiger partial charge in [-0.1, -0.05) is 0 Å². The van der Waals surface area contributed by atoms with E-state index in [1.54, 1.807) is 11.8 Å². The molecule has 0 radical (unpaired) electrons. The molecule has 6 nitrogen and oxygen atoms in total. The van der Waals surface area contributed by atoms with Crippen molar-refractivity contribution in [3.63, 3.8) is 0 Å². The molecule has 0 bridgehead atoms. The SMILES string of the molecule is CCOC(=O)CN(Cc1cc(F)ccc1[N+](=O)[O-])C1CC1. The molecule has 2 rings (SSSR count). The molecule has 1 aromatic carbocycles. The third kappa shape index (κ3) is 4.22. The molecular formula is C14H17FN2O4. The van der Waals surface area contributed by atoms with E-state index >= 15 is 0 Å². The first-order valence-corrected chi connectivity index (χ1v) is 6.83. The van der Waals surface area contributed by atoms with E-state index in [1.165, 1.54) is 0 Å². The highest BCUT2D eigenvalue weighted by Gasteiger charge is 2.32. The minimum absolute atomic E-state index is 0.0617. The van der Waals surface area contributed by atoms with Crippen molar-refractivity contribution in [2.24, 2.45) is 0 Å². The van der Waals surface area contributed by atoms with E-state index in [-0.39, 0.29) is 43.0 Å². The molecule has 0 spiro atoms. The summed E-state index contributed by atoms with van der Waals surface area (Å²) in [4.78, 5) is 23.9.